The van der Waals surface area contributed by atoms with Crippen LogP contribution in [0.3, 0.4) is 0 Å². The van der Waals surface area contributed by atoms with Gasteiger partial charge in [-0.2, -0.15) is 0 Å². The summed E-state index contributed by atoms with van der Waals surface area (Å²) in [6, 6.07) is 0.619. The van der Waals surface area contributed by atoms with Crippen LogP contribution in [0.1, 0.15) is 48.0 Å². The molecule has 2 N–H and O–H groups in total. The number of hydrogen-bond donors (Lipinski definition) is 2. The maximum Gasteiger partial charge on any atom is 0.0139 e. The molecule has 0 aliphatic carbocycles. The predicted molar refractivity (Wildman–Crippen MR) is 64.7 cm³/mol. The van der Waals surface area contributed by atoms with E-state index in [2.05, 4.69) is 52.2 Å². The van der Waals surface area contributed by atoms with Gasteiger partial charge in [0.25, 0.3) is 0 Å². The number of rotatable bonds is 7. The van der Waals surface area contributed by atoms with Crippen LogP contribution in [0.25, 0.3) is 0 Å². The van der Waals surface area contributed by atoms with Crippen molar-refractivity contribution in [1.82, 2.24) is 10.6 Å². The monoisotopic (exact) mass is 200 g/mol. The third kappa shape index (κ3) is 5.61. The molecule has 0 spiro atoms. The van der Waals surface area contributed by atoms with E-state index in [1.54, 1.807) is 0 Å². The first-order valence-corrected chi connectivity index (χ1v) is 5.91. The Hall–Kier alpha value is -0.0800. The average Bonchev–Trinajstić information content (AvgIpc) is 2.02. The summed E-state index contributed by atoms with van der Waals surface area (Å²) < 4.78 is 0. The summed E-state index contributed by atoms with van der Waals surface area (Å²) >= 11 is 0. The van der Waals surface area contributed by atoms with Gasteiger partial charge in [0.05, 0.1) is 0 Å². The van der Waals surface area contributed by atoms with Crippen molar-refractivity contribution in [2.45, 2.75) is 59.5 Å². The second kappa shape index (κ2) is 6.41. The average molecular weight is 200 g/mol. The highest BCUT2D eigenvalue weighted by molar-refractivity contribution is 4.84. The van der Waals surface area contributed by atoms with Crippen molar-refractivity contribution in [2.75, 3.05) is 13.1 Å². The lowest BCUT2D eigenvalue weighted by Gasteiger charge is -2.33. The Balaban J connectivity index is 4.13. The molecule has 0 rings (SSSR count). The Morgan fingerprint density at radius 2 is 1.64 bits per heavy atom. The van der Waals surface area contributed by atoms with Crippen molar-refractivity contribution in [3.05, 3.63) is 0 Å². The summed E-state index contributed by atoms with van der Waals surface area (Å²) in [5, 5.41) is 7.08. The van der Waals surface area contributed by atoms with E-state index >= 15 is 0 Å². The van der Waals surface area contributed by atoms with Crippen molar-refractivity contribution in [3.63, 3.8) is 0 Å². The van der Waals surface area contributed by atoms with Crippen molar-refractivity contribution < 1.29 is 0 Å². The van der Waals surface area contributed by atoms with E-state index in [0.29, 0.717) is 12.0 Å². The van der Waals surface area contributed by atoms with E-state index in [9.17, 15) is 0 Å². The third-order valence-corrected chi connectivity index (χ3v) is 2.66. The molecule has 0 aliphatic heterocycles. The summed E-state index contributed by atoms with van der Waals surface area (Å²) in [6.07, 6.45) is 1.19. The molecule has 0 bridgehead atoms. The fourth-order valence-corrected chi connectivity index (χ4v) is 1.91. The normalized spacial score (nSPS) is 14.8. The van der Waals surface area contributed by atoms with Gasteiger partial charge in [-0.3, -0.25) is 0 Å². The Bertz CT molecular complexity index is 141. The van der Waals surface area contributed by atoms with E-state index in [0.717, 1.165) is 13.1 Å². The van der Waals surface area contributed by atoms with Gasteiger partial charge in [-0.1, -0.05) is 27.7 Å². The minimum absolute atomic E-state index is 0.242. The molecule has 0 aromatic heterocycles. The first kappa shape index (κ1) is 13.9. The fraction of sp³-hybridized carbons (Fsp3) is 1.00. The minimum Gasteiger partial charge on any atom is -0.314 e. The zero-order valence-corrected chi connectivity index (χ0v) is 10.8. The van der Waals surface area contributed by atoms with Crippen molar-refractivity contribution in [1.29, 1.82) is 0 Å². The van der Waals surface area contributed by atoms with Crippen LogP contribution in [0.15, 0.2) is 0 Å². The minimum atomic E-state index is 0.242. The van der Waals surface area contributed by atoms with Crippen LogP contribution in [-0.4, -0.2) is 24.7 Å². The fourth-order valence-electron chi connectivity index (χ4n) is 1.91. The van der Waals surface area contributed by atoms with E-state index in [-0.39, 0.29) is 5.54 Å². The second-order valence-corrected chi connectivity index (χ2v) is 5.03. The maximum absolute atomic E-state index is 3.56. The molecule has 2 heteroatoms. The Morgan fingerprint density at radius 1 is 1.07 bits per heavy atom. The molecule has 0 aliphatic rings. The maximum atomic E-state index is 3.56. The van der Waals surface area contributed by atoms with Gasteiger partial charge in [-0.25, -0.2) is 0 Å². The van der Waals surface area contributed by atoms with Crippen LogP contribution in [0.4, 0.5) is 0 Å². The lowest BCUT2D eigenvalue weighted by atomic mass is 9.89. The molecule has 1 atom stereocenters. The van der Waals surface area contributed by atoms with Crippen LogP contribution >= 0.6 is 0 Å². The molecule has 86 valence electrons. The van der Waals surface area contributed by atoms with E-state index in [1.165, 1.54) is 6.42 Å². The lowest BCUT2D eigenvalue weighted by molar-refractivity contribution is 0.276. The predicted octanol–water partition coefficient (Wildman–Crippen LogP) is 2.40. The third-order valence-electron chi connectivity index (χ3n) is 2.66. The second-order valence-electron chi connectivity index (χ2n) is 5.03. The number of nitrogens with one attached hydrogen (secondary N) is 2. The molecule has 0 fully saturated rings. The summed E-state index contributed by atoms with van der Waals surface area (Å²) in [7, 11) is 0. The highest BCUT2D eigenvalue weighted by Gasteiger charge is 2.23. The van der Waals surface area contributed by atoms with Crippen molar-refractivity contribution >= 4 is 0 Å². The molecule has 0 saturated carbocycles. The van der Waals surface area contributed by atoms with Crippen LogP contribution in [0.5, 0.6) is 0 Å². The lowest BCUT2D eigenvalue weighted by Crippen LogP contribution is -2.47. The van der Waals surface area contributed by atoms with Gasteiger partial charge < -0.3 is 10.6 Å². The van der Waals surface area contributed by atoms with Gasteiger partial charge in [0.1, 0.15) is 0 Å². The van der Waals surface area contributed by atoms with Crippen molar-refractivity contribution in [3.8, 4) is 0 Å². The van der Waals surface area contributed by atoms with Crippen LogP contribution in [-0.2, 0) is 0 Å². The number of hydrogen-bond acceptors (Lipinski definition) is 2. The van der Waals surface area contributed by atoms with Gasteiger partial charge in [-0.15, -0.1) is 0 Å². The molecule has 2 nitrogen and oxygen atoms in total. The van der Waals surface area contributed by atoms with Gasteiger partial charge >= 0.3 is 0 Å². The summed E-state index contributed by atoms with van der Waals surface area (Å²) in [5.41, 5.74) is 0.242. The van der Waals surface area contributed by atoms with Gasteiger partial charge in [-0.05, 0) is 39.3 Å². The molecule has 0 amide bonds. The van der Waals surface area contributed by atoms with E-state index in [4.69, 9.17) is 0 Å². The van der Waals surface area contributed by atoms with Crippen molar-refractivity contribution in [2.24, 2.45) is 5.92 Å². The molecule has 0 saturated heterocycles. The molecule has 0 aromatic carbocycles. The first-order chi connectivity index (χ1) is 6.43. The molecule has 0 aromatic rings. The molecule has 0 radical (unpaired) electrons. The topological polar surface area (TPSA) is 24.1 Å². The van der Waals surface area contributed by atoms with Gasteiger partial charge in [0.15, 0.2) is 0 Å². The smallest absolute Gasteiger partial charge is 0.0139 e. The molecular formula is C12H28N2. The van der Waals surface area contributed by atoms with E-state index < -0.39 is 0 Å². The molecule has 0 heterocycles. The Kier molecular flexibility index (Phi) is 6.38. The van der Waals surface area contributed by atoms with Crippen LogP contribution in [0, 0.1) is 5.92 Å². The summed E-state index contributed by atoms with van der Waals surface area (Å²) in [4.78, 5) is 0. The largest absolute Gasteiger partial charge is 0.314 e. The highest BCUT2D eigenvalue weighted by Crippen LogP contribution is 2.16. The zero-order valence-electron chi connectivity index (χ0n) is 10.8. The summed E-state index contributed by atoms with van der Waals surface area (Å²) in [5.74, 6) is 0.702. The zero-order chi connectivity index (χ0) is 11.2. The molecule has 14 heavy (non-hydrogen) atoms. The SMILES string of the molecule is CCNC(CC(C)(C)NCC)C(C)C. The standard InChI is InChI=1S/C12H28N2/c1-7-13-11(10(3)4)9-12(5,6)14-8-2/h10-11,13-14H,7-9H2,1-6H3. The summed E-state index contributed by atoms with van der Waals surface area (Å²) in [6.45, 7) is 15.6. The van der Waals surface area contributed by atoms with Crippen LogP contribution < -0.4 is 10.6 Å². The first-order valence-electron chi connectivity index (χ1n) is 5.91. The van der Waals surface area contributed by atoms with Gasteiger partial charge in [0.2, 0.25) is 0 Å². The van der Waals surface area contributed by atoms with Gasteiger partial charge in [0, 0.05) is 11.6 Å². The molecule has 1 unspecified atom stereocenters. The van der Waals surface area contributed by atoms with Crippen LogP contribution in [0.2, 0.25) is 0 Å². The quantitative estimate of drug-likeness (QED) is 0.659. The Labute approximate surface area is 89.9 Å². The van der Waals surface area contributed by atoms with E-state index in [1.807, 2.05) is 0 Å². The molecular weight excluding hydrogens is 172 g/mol. The highest BCUT2D eigenvalue weighted by atomic mass is 15.0. The Morgan fingerprint density at radius 3 is 2.00 bits per heavy atom.